The fraction of sp³-hybridized carbons (Fsp3) is 0.235. The Bertz CT molecular complexity index is 767. The van der Waals surface area contributed by atoms with E-state index < -0.39 is 0 Å². The van der Waals surface area contributed by atoms with Crippen molar-refractivity contribution in [3.8, 4) is 0 Å². The fourth-order valence-electron chi connectivity index (χ4n) is 2.54. The lowest BCUT2D eigenvalue weighted by Gasteiger charge is -2.16. The first-order valence-corrected chi connectivity index (χ1v) is 7.58. The molecular formula is C17H18ClN3O. The standard InChI is InChI=1S/C17H18ClN3O/c1-12-3-2-8-21-15(10-20-17(12)21)9-19-16(11-22)13-4-6-14(18)7-5-13/h2-8,10,16,19,22H,9,11H2,1H3. The maximum atomic E-state index is 9.62. The molecule has 5 heteroatoms. The fourth-order valence-corrected chi connectivity index (χ4v) is 2.67. The predicted octanol–water partition coefficient (Wildman–Crippen LogP) is 3.12. The largest absolute Gasteiger partial charge is 0.394 e. The number of hydrogen-bond acceptors (Lipinski definition) is 3. The molecule has 0 aliphatic heterocycles. The normalized spacial score (nSPS) is 12.7. The monoisotopic (exact) mass is 315 g/mol. The highest BCUT2D eigenvalue weighted by Gasteiger charge is 2.11. The van der Waals surface area contributed by atoms with Gasteiger partial charge in [0.15, 0.2) is 0 Å². The maximum absolute atomic E-state index is 9.62. The average Bonchev–Trinajstić information content (AvgIpc) is 2.94. The van der Waals surface area contributed by atoms with Crippen LogP contribution in [-0.4, -0.2) is 21.1 Å². The molecule has 0 fully saturated rings. The van der Waals surface area contributed by atoms with E-state index in [1.165, 1.54) is 0 Å². The van der Waals surface area contributed by atoms with Gasteiger partial charge < -0.3 is 14.8 Å². The van der Waals surface area contributed by atoms with Crippen LogP contribution in [0, 0.1) is 6.92 Å². The summed E-state index contributed by atoms with van der Waals surface area (Å²) in [5.41, 5.74) is 4.18. The van der Waals surface area contributed by atoms with Crippen molar-refractivity contribution in [1.29, 1.82) is 0 Å². The molecule has 0 radical (unpaired) electrons. The minimum absolute atomic E-state index is 0.0252. The number of aromatic nitrogens is 2. The van der Waals surface area contributed by atoms with Crippen molar-refractivity contribution >= 4 is 17.2 Å². The van der Waals surface area contributed by atoms with Crippen molar-refractivity contribution in [1.82, 2.24) is 14.7 Å². The molecule has 3 aromatic rings. The van der Waals surface area contributed by atoms with E-state index in [-0.39, 0.29) is 12.6 Å². The van der Waals surface area contributed by atoms with Gasteiger partial charge in [0.05, 0.1) is 24.5 Å². The van der Waals surface area contributed by atoms with Gasteiger partial charge in [-0.3, -0.25) is 0 Å². The van der Waals surface area contributed by atoms with E-state index >= 15 is 0 Å². The van der Waals surface area contributed by atoms with E-state index in [1.807, 2.05) is 55.7 Å². The molecule has 1 atom stereocenters. The number of rotatable bonds is 5. The van der Waals surface area contributed by atoms with Gasteiger partial charge in [-0.05, 0) is 36.2 Å². The van der Waals surface area contributed by atoms with E-state index in [1.54, 1.807) is 0 Å². The molecule has 0 amide bonds. The summed E-state index contributed by atoms with van der Waals surface area (Å²) in [5.74, 6) is 0. The molecule has 22 heavy (non-hydrogen) atoms. The zero-order valence-electron chi connectivity index (χ0n) is 12.3. The molecule has 4 nitrogen and oxygen atoms in total. The highest BCUT2D eigenvalue weighted by atomic mass is 35.5. The highest BCUT2D eigenvalue weighted by molar-refractivity contribution is 6.30. The lowest BCUT2D eigenvalue weighted by Crippen LogP contribution is -2.24. The molecule has 1 aromatic carbocycles. The Morgan fingerprint density at radius 3 is 2.77 bits per heavy atom. The van der Waals surface area contributed by atoms with Crippen LogP contribution in [0.3, 0.4) is 0 Å². The summed E-state index contributed by atoms with van der Waals surface area (Å²) in [7, 11) is 0. The van der Waals surface area contributed by atoms with E-state index in [9.17, 15) is 5.11 Å². The Kier molecular flexibility index (Phi) is 4.43. The lowest BCUT2D eigenvalue weighted by molar-refractivity contribution is 0.243. The number of nitrogens with zero attached hydrogens (tertiary/aromatic N) is 2. The van der Waals surface area contributed by atoms with Crippen LogP contribution >= 0.6 is 11.6 Å². The van der Waals surface area contributed by atoms with Crippen molar-refractivity contribution in [2.24, 2.45) is 0 Å². The van der Waals surface area contributed by atoms with Crippen molar-refractivity contribution < 1.29 is 5.11 Å². The van der Waals surface area contributed by atoms with E-state index in [0.717, 1.165) is 22.5 Å². The molecule has 2 heterocycles. The third kappa shape index (κ3) is 2.99. The van der Waals surface area contributed by atoms with Crippen molar-refractivity contribution in [2.75, 3.05) is 6.61 Å². The van der Waals surface area contributed by atoms with Crippen LogP contribution in [-0.2, 0) is 6.54 Å². The number of benzene rings is 1. The first kappa shape index (κ1) is 15.0. The molecule has 3 rings (SSSR count). The van der Waals surface area contributed by atoms with Gasteiger partial charge in [-0.15, -0.1) is 0 Å². The van der Waals surface area contributed by atoms with Gasteiger partial charge in [-0.1, -0.05) is 29.8 Å². The number of halogens is 1. The Labute approximate surface area is 134 Å². The highest BCUT2D eigenvalue weighted by Crippen LogP contribution is 2.17. The van der Waals surface area contributed by atoms with E-state index in [2.05, 4.69) is 14.7 Å². The zero-order chi connectivity index (χ0) is 15.5. The molecule has 0 saturated carbocycles. The second-order valence-electron chi connectivity index (χ2n) is 5.30. The number of hydrogen-bond donors (Lipinski definition) is 2. The first-order chi connectivity index (χ1) is 10.7. The third-order valence-corrected chi connectivity index (χ3v) is 4.04. The van der Waals surface area contributed by atoms with Gasteiger partial charge in [0.25, 0.3) is 0 Å². The minimum atomic E-state index is -0.132. The predicted molar refractivity (Wildman–Crippen MR) is 88.0 cm³/mol. The van der Waals surface area contributed by atoms with Crippen LogP contribution in [0.5, 0.6) is 0 Å². The molecule has 114 valence electrons. The lowest BCUT2D eigenvalue weighted by atomic mass is 10.1. The summed E-state index contributed by atoms with van der Waals surface area (Å²) in [6.07, 6.45) is 3.87. The van der Waals surface area contributed by atoms with Gasteiger partial charge in [-0.2, -0.15) is 0 Å². The van der Waals surface area contributed by atoms with Gasteiger partial charge >= 0.3 is 0 Å². The quantitative estimate of drug-likeness (QED) is 0.760. The van der Waals surface area contributed by atoms with E-state index in [4.69, 9.17) is 11.6 Å². The number of aliphatic hydroxyl groups is 1. The van der Waals surface area contributed by atoms with Crippen LogP contribution in [0.1, 0.15) is 22.9 Å². The van der Waals surface area contributed by atoms with Crippen LogP contribution in [0.15, 0.2) is 48.8 Å². The van der Waals surface area contributed by atoms with Crippen LogP contribution in [0.4, 0.5) is 0 Å². The van der Waals surface area contributed by atoms with Gasteiger partial charge in [0, 0.05) is 17.8 Å². The summed E-state index contributed by atoms with van der Waals surface area (Å²) in [6, 6.07) is 11.4. The van der Waals surface area contributed by atoms with Gasteiger partial charge in [0.1, 0.15) is 5.65 Å². The SMILES string of the molecule is Cc1cccn2c(CNC(CO)c3ccc(Cl)cc3)cnc12. The van der Waals surface area contributed by atoms with Crippen LogP contribution in [0.2, 0.25) is 5.02 Å². The number of imidazole rings is 1. The number of aliphatic hydroxyl groups excluding tert-OH is 1. The molecule has 2 aromatic heterocycles. The summed E-state index contributed by atoms with van der Waals surface area (Å²) in [4.78, 5) is 4.45. The Hall–Kier alpha value is -1.88. The van der Waals surface area contributed by atoms with Crippen LogP contribution in [0.25, 0.3) is 5.65 Å². The molecular weight excluding hydrogens is 298 g/mol. The number of pyridine rings is 1. The van der Waals surface area contributed by atoms with Crippen molar-refractivity contribution in [3.63, 3.8) is 0 Å². The van der Waals surface area contributed by atoms with Crippen LogP contribution < -0.4 is 5.32 Å². The molecule has 1 unspecified atom stereocenters. The average molecular weight is 316 g/mol. The summed E-state index contributed by atoms with van der Waals surface area (Å²) in [6.45, 7) is 2.69. The molecule has 0 aliphatic carbocycles. The Balaban J connectivity index is 1.77. The number of nitrogens with one attached hydrogen (secondary N) is 1. The second kappa shape index (κ2) is 6.48. The molecule has 2 N–H and O–H groups in total. The maximum Gasteiger partial charge on any atom is 0.139 e. The van der Waals surface area contributed by atoms with Crippen molar-refractivity contribution in [2.45, 2.75) is 19.5 Å². The van der Waals surface area contributed by atoms with Crippen molar-refractivity contribution in [3.05, 3.63) is 70.6 Å². The van der Waals surface area contributed by atoms with E-state index in [0.29, 0.717) is 11.6 Å². The minimum Gasteiger partial charge on any atom is -0.394 e. The zero-order valence-corrected chi connectivity index (χ0v) is 13.1. The number of aryl methyl sites for hydroxylation is 1. The number of fused-ring (bicyclic) bond motifs is 1. The Morgan fingerprint density at radius 2 is 2.05 bits per heavy atom. The summed E-state index contributed by atoms with van der Waals surface area (Å²) >= 11 is 5.90. The summed E-state index contributed by atoms with van der Waals surface area (Å²) in [5, 5.41) is 13.7. The molecule has 0 aliphatic rings. The van der Waals surface area contributed by atoms with Gasteiger partial charge in [0.2, 0.25) is 0 Å². The molecule has 0 bridgehead atoms. The first-order valence-electron chi connectivity index (χ1n) is 7.20. The topological polar surface area (TPSA) is 49.6 Å². The molecule has 0 spiro atoms. The summed E-state index contributed by atoms with van der Waals surface area (Å²) < 4.78 is 2.07. The second-order valence-corrected chi connectivity index (χ2v) is 5.74. The smallest absolute Gasteiger partial charge is 0.139 e. The molecule has 0 saturated heterocycles. The third-order valence-electron chi connectivity index (χ3n) is 3.79. The van der Waals surface area contributed by atoms with Gasteiger partial charge in [-0.25, -0.2) is 4.98 Å². The Morgan fingerprint density at radius 1 is 1.27 bits per heavy atom.